The standard InChI is InChI=1S/C14H17ClN2/c1-10-3-2-4-12-14(10)16-13(7-8-15)17(12)9-11-5-6-11/h2-4,11H,5-9H2,1H3. The van der Waals surface area contributed by atoms with Crippen LogP contribution in [-0.4, -0.2) is 15.4 Å². The number of nitrogens with zero attached hydrogens (tertiary/aromatic N) is 2. The Morgan fingerprint density at radius 3 is 2.94 bits per heavy atom. The summed E-state index contributed by atoms with van der Waals surface area (Å²) in [6, 6.07) is 6.42. The highest BCUT2D eigenvalue weighted by atomic mass is 35.5. The van der Waals surface area contributed by atoms with E-state index in [0.717, 1.165) is 30.2 Å². The maximum Gasteiger partial charge on any atom is 0.111 e. The van der Waals surface area contributed by atoms with Crippen molar-refractivity contribution in [2.75, 3.05) is 5.88 Å². The van der Waals surface area contributed by atoms with Crippen LogP contribution in [0.15, 0.2) is 18.2 Å². The highest BCUT2D eigenvalue weighted by Crippen LogP contribution is 2.33. The molecule has 0 aliphatic heterocycles. The van der Waals surface area contributed by atoms with Gasteiger partial charge >= 0.3 is 0 Å². The molecule has 1 fully saturated rings. The third kappa shape index (κ3) is 2.06. The van der Waals surface area contributed by atoms with Crippen LogP contribution < -0.4 is 0 Å². The first-order valence-electron chi connectivity index (χ1n) is 6.30. The van der Waals surface area contributed by atoms with Gasteiger partial charge in [0.1, 0.15) is 5.82 Å². The highest BCUT2D eigenvalue weighted by Gasteiger charge is 2.24. The van der Waals surface area contributed by atoms with E-state index in [1.807, 2.05) is 0 Å². The number of halogens is 1. The van der Waals surface area contributed by atoms with Crippen molar-refractivity contribution in [3.63, 3.8) is 0 Å². The highest BCUT2D eigenvalue weighted by molar-refractivity contribution is 6.17. The van der Waals surface area contributed by atoms with Gasteiger partial charge in [0.25, 0.3) is 0 Å². The molecular weight excluding hydrogens is 232 g/mol. The smallest absolute Gasteiger partial charge is 0.111 e. The van der Waals surface area contributed by atoms with Gasteiger partial charge in [-0.25, -0.2) is 4.98 Å². The van der Waals surface area contributed by atoms with Gasteiger partial charge < -0.3 is 4.57 Å². The average Bonchev–Trinajstić information content (AvgIpc) is 3.05. The summed E-state index contributed by atoms with van der Waals surface area (Å²) in [4.78, 5) is 4.76. The van der Waals surface area contributed by atoms with Gasteiger partial charge in [-0.3, -0.25) is 0 Å². The normalized spacial score (nSPS) is 15.6. The minimum Gasteiger partial charge on any atom is -0.328 e. The van der Waals surface area contributed by atoms with E-state index in [2.05, 4.69) is 29.7 Å². The SMILES string of the molecule is Cc1cccc2c1nc(CCCl)n2CC1CC1. The number of benzene rings is 1. The van der Waals surface area contributed by atoms with Crippen molar-refractivity contribution in [2.45, 2.75) is 32.7 Å². The Morgan fingerprint density at radius 2 is 2.24 bits per heavy atom. The lowest BCUT2D eigenvalue weighted by Crippen LogP contribution is -2.06. The van der Waals surface area contributed by atoms with Crippen molar-refractivity contribution in [1.82, 2.24) is 9.55 Å². The predicted molar refractivity (Wildman–Crippen MR) is 71.6 cm³/mol. The van der Waals surface area contributed by atoms with Crippen molar-refractivity contribution in [3.8, 4) is 0 Å². The summed E-state index contributed by atoms with van der Waals surface area (Å²) in [5.74, 6) is 2.66. The van der Waals surface area contributed by atoms with E-state index < -0.39 is 0 Å². The Bertz CT molecular complexity index is 540. The van der Waals surface area contributed by atoms with Gasteiger partial charge in [-0.05, 0) is 37.3 Å². The summed E-state index contributed by atoms with van der Waals surface area (Å²) in [5, 5.41) is 0. The molecule has 0 radical (unpaired) electrons. The van der Waals surface area contributed by atoms with Gasteiger partial charge in [0.05, 0.1) is 11.0 Å². The van der Waals surface area contributed by atoms with Crippen LogP contribution in [0.2, 0.25) is 0 Å². The van der Waals surface area contributed by atoms with Crippen LogP contribution in [0.3, 0.4) is 0 Å². The van der Waals surface area contributed by atoms with E-state index >= 15 is 0 Å². The zero-order valence-electron chi connectivity index (χ0n) is 10.1. The van der Waals surface area contributed by atoms with E-state index in [1.165, 1.54) is 23.9 Å². The first kappa shape index (κ1) is 11.1. The van der Waals surface area contributed by atoms with Crippen molar-refractivity contribution in [1.29, 1.82) is 0 Å². The van der Waals surface area contributed by atoms with Gasteiger partial charge in [0.2, 0.25) is 0 Å². The van der Waals surface area contributed by atoms with Crippen molar-refractivity contribution >= 4 is 22.6 Å². The minimum atomic E-state index is 0.646. The fraction of sp³-hybridized carbons (Fsp3) is 0.500. The molecule has 1 aromatic carbocycles. The molecule has 2 aromatic rings. The molecule has 17 heavy (non-hydrogen) atoms. The monoisotopic (exact) mass is 248 g/mol. The zero-order valence-corrected chi connectivity index (χ0v) is 10.9. The van der Waals surface area contributed by atoms with Crippen LogP contribution in [-0.2, 0) is 13.0 Å². The maximum absolute atomic E-state index is 5.87. The molecule has 1 aromatic heterocycles. The first-order valence-corrected chi connectivity index (χ1v) is 6.83. The molecule has 1 heterocycles. The zero-order chi connectivity index (χ0) is 11.8. The van der Waals surface area contributed by atoms with Crippen molar-refractivity contribution in [3.05, 3.63) is 29.6 Å². The summed E-state index contributed by atoms with van der Waals surface area (Å²) in [6.07, 6.45) is 3.60. The third-order valence-electron chi connectivity index (χ3n) is 3.52. The molecular formula is C14H17ClN2. The van der Waals surface area contributed by atoms with Crippen LogP contribution in [0.1, 0.15) is 24.2 Å². The van der Waals surface area contributed by atoms with Crippen LogP contribution >= 0.6 is 11.6 Å². The number of hydrogen-bond acceptors (Lipinski definition) is 1. The molecule has 2 nitrogen and oxygen atoms in total. The number of imidazole rings is 1. The number of alkyl halides is 1. The first-order chi connectivity index (χ1) is 8.29. The molecule has 90 valence electrons. The van der Waals surface area contributed by atoms with Gasteiger partial charge in [0, 0.05) is 18.8 Å². The minimum absolute atomic E-state index is 0.646. The number of aryl methyl sites for hydroxylation is 2. The van der Waals surface area contributed by atoms with Gasteiger partial charge in [-0.15, -0.1) is 11.6 Å². The fourth-order valence-corrected chi connectivity index (χ4v) is 2.54. The number of rotatable bonds is 4. The Balaban J connectivity index is 2.12. The van der Waals surface area contributed by atoms with Gasteiger partial charge in [-0.1, -0.05) is 12.1 Å². The van der Waals surface area contributed by atoms with Gasteiger partial charge in [-0.2, -0.15) is 0 Å². The summed E-state index contributed by atoms with van der Waals surface area (Å²) in [7, 11) is 0. The molecule has 3 heteroatoms. The molecule has 0 saturated heterocycles. The largest absolute Gasteiger partial charge is 0.328 e. The summed E-state index contributed by atoms with van der Waals surface area (Å²) in [6.45, 7) is 3.24. The Kier molecular flexibility index (Phi) is 2.83. The lowest BCUT2D eigenvalue weighted by Gasteiger charge is -2.07. The molecule has 0 spiro atoms. The second-order valence-electron chi connectivity index (χ2n) is 4.96. The molecule has 0 atom stereocenters. The van der Waals surface area contributed by atoms with E-state index in [-0.39, 0.29) is 0 Å². The van der Waals surface area contributed by atoms with E-state index in [0.29, 0.717) is 5.88 Å². The molecule has 0 amide bonds. The maximum atomic E-state index is 5.87. The van der Waals surface area contributed by atoms with E-state index in [1.54, 1.807) is 0 Å². The van der Waals surface area contributed by atoms with Crippen LogP contribution in [0, 0.1) is 12.8 Å². The van der Waals surface area contributed by atoms with E-state index in [9.17, 15) is 0 Å². The molecule has 0 bridgehead atoms. The Morgan fingerprint density at radius 1 is 1.41 bits per heavy atom. The molecule has 1 aliphatic rings. The Labute approximate surface area is 107 Å². The average molecular weight is 249 g/mol. The second kappa shape index (κ2) is 4.34. The number of aromatic nitrogens is 2. The summed E-state index contributed by atoms with van der Waals surface area (Å²) in [5.41, 5.74) is 3.68. The second-order valence-corrected chi connectivity index (χ2v) is 5.34. The molecule has 1 aliphatic carbocycles. The van der Waals surface area contributed by atoms with Gasteiger partial charge in [0.15, 0.2) is 0 Å². The van der Waals surface area contributed by atoms with Crippen molar-refractivity contribution < 1.29 is 0 Å². The number of fused-ring (bicyclic) bond motifs is 1. The van der Waals surface area contributed by atoms with E-state index in [4.69, 9.17) is 16.6 Å². The summed E-state index contributed by atoms with van der Waals surface area (Å²) >= 11 is 5.87. The van der Waals surface area contributed by atoms with Crippen LogP contribution in [0.5, 0.6) is 0 Å². The number of hydrogen-bond donors (Lipinski definition) is 0. The quantitative estimate of drug-likeness (QED) is 0.757. The predicted octanol–water partition coefficient (Wildman–Crippen LogP) is 3.54. The number of para-hydroxylation sites is 1. The molecule has 0 N–H and O–H groups in total. The third-order valence-corrected chi connectivity index (χ3v) is 3.70. The lowest BCUT2D eigenvalue weighted by molar-refractivity contribution is 0.615. The van der Waals surface area contributed by atoms with Crippen LogP contribution in [0.4, 0.5) is 0 Å². The molecule has 0 unspecified atom stereocenters. The van der Waals surface area contributed by atoms with Crippen molar-refractivity contribution in [2.24, 2.45) is 5.92 Å². The van der Waals surface area contributed by atoms with Crippen LogP contribution in [0.25, 0.3) is 11.0 Å². The fourth-order valence-electron chi connectivity index (χ4n) is 2.37. The lowest BCUT2D eigenvalue weighted by atomic mass is 10.2. The summed E-state index contributed by atoms with van der Waals surface area (Å²) < 4.78 is 2.38. The molecule has 3 rings (SSSR count). The topological polar surface area (TPSA) is 17.8 Å². The Hall–Kier alpha value is -1.02. The molecule has 1 saturated carbocycles.